The molecule has 208 valence electrons. The molecular weight excluding hydrogens is 534 g/mol. The molecule has 39 heavy (non-hydrogen) atoms. The highest BCUT2D eigenvalue weighted by atomic mass is 35.5. The van der Waals surface area contributed by atoms with Crippen LogP contribution in [0.4, 0.5) is 5.69 Å². The number of anilines is 1. The summed E-state index contributed by atoms with van der Waals surface area (Å²) in [5.41, 5.74) is 3.11. The van der Waals surface area contributed by atoms with Crippen LogP contribution in [0, 0.1) is 13.8 Å². The van der Waals surface area contributed by atoms with Gasteiger partial charge in [0.15, 0.2) is 0 Å². The number of nitrogens with zero attached hydrogens (tertiary/aromatic N) is 2. The summed E-state index contributed by atoms with van der Waals surface area (Å²) in [5.74, 6) is -0.768. The molecular formula is C30H36ClN3O4S. The van der Waals surface area contributed by atoms with Crippen LogP contribution in [0.2, 0.25) is 5.02 Å². The third-order valence-electron chi connectivity index (χ3n) is 6.26. The first-order valence-electron chi connectivity index (χ1n) is 12.9. The normalized spacial score (nSPS) is 12.2. The van der Waals surface area contributed by atoms with Crippen molar-refractivity contribution in [2.75, 3.05) is 10.8 Å². The molecule has 0 fully saturated rings. The molecule has 0 bridgehead atoms. The topological polar surface area (TPSA) is 86.8 Å². The van der Waals surface area contributed by atoms with E-state index < -0.39 is 28.5 Å². The molecule has 0 heterocycles. The van der Waals surface area contributed by atoms with Crippen molar-refractivity contribution in [1.29, 1.82) is 0 Å². The standard InChI is InChI=1S/C30H36ClN3O4S/c1-6-28(30(36)32-21(2)3)33(19-24-12-10-22(4)11-13-24)29(35)20-34(26-9-7-8-23(5)18-26)39(37,38)27-16-14-25(31)15-17-27/h7-18,21,28H,6,19-20H2,1-5H3,(H,32,36)/t28-/m1/s1. The predicted molar refractivity (Wildman–Crippen MR) is 156 cm³/mol. The molecule has 0 radical (unpaired) electrons. The number of rotatable bonds is 11. The van der Waals surface area contributed by atoms with Gasteiger partial charge in [-0.1, -0.05) is 60.5 Å². The lowest BCUT2D eigenvalue weighted by Crippen LogP contribution is -2.53. The SMILES string of the molecule is CC[C@H](C(=O)NC(C)C)N(Cc1ccc(C)cc1)C(=O)CN(c1cccc(C)c1)S(=O)(=O)c1ccc(Cl)cc1. The van der Waals surface area contributed by atoms with E-state index in [0.29, 0.717) is 17.1 Å². The fourth-order valence-electron chi connectivity index (χ4n) is 4.24. The van der Waals surface area contributed by atoms with Crippen molar-refractivity contribution in [2.24, 2.45) is 0 Å². The number of sulfonamides is 1. The Labute approximate surface area is 236 Å². The summed E-state index contributed by atoms with van der Waals surface area (Å²) in [4.78, 5) is 28.7. The maximum Gasteiger partial charge on any atom is 0.264 e. The van der Waals surface area contributed by atoms with Gasteiger partial charge in [-0.05, 0) is 81.6 Å². The number of carbonyl (C=O) groups is 2. The van der Waals surface area contributed by atoms with Gasteiger partial charge in [-0.3, -0.25) is 13.9 Å². The monoisotopic (exact) mass is 569 g/mol. The Bertz CT molecular complexity index is 1390. The molecule has 0 aliphatic carbocycles. The first-order valence-corrected chi connectivity index (χ1v) is 14.7. The molecule has 3 aromatic rings. The smallest absolute Gasteiger partial charge is 0.264 e. The van der Waals surface area contributed by atoms with Crippen molar-refractivity contribution in [1.82, 2.24) is 10.2 Å². The number of benzene rings is 3. The Morgan fingerprint density at radius 3 is 2.13 bits per heavy atom. The molecule has 0 unspecified atom stereocenters. The van der Waals surface area contributed by atoms with E-state index in [1.165, 1.54) is 29.2 Å². The van der Waals surface area contributed by atoms with E-state index in [1.807, 2.05) is 65.0 Å². The number of halogens is 1. The van der Waals surface area contributed by atoms with Crippen molar-refractivity contribution < 1.29 is 18.0 Å². The molecule has 3 aromatic carbocycles. The second-order valence-electron chi connectivity index (χ2n) is 9.90. The summed E-state index contributed by atoms with van der Waals surface area (Å²) in [6.07, 6.45) is 0.366. The first-order chi connectivity index (χ1) is 18.4. The van der Waals surface area contributed by atoms with E-state index in [-0.39, 0.29) is 23.4 Å². The van der Waals surface area contributed by atoms with E-state index >= 15 is 0 Å². The Morgan fingerprint density at radius 1 is 0.923 bits per heavy atom. The van der Waals surface area contributed by atoms with Crippen LogP contribution in [-0.2, 0) is 26.2 Å². The molecule has 0 aliphatic heterocycles. The maximum absolute atomic E-state index is 14.0. The van der Waals surface area contributed by atoms with Crippen molar-refractivity contribution in [3.63, 3.8) is 0 Å². The molecule has 0 saturated heterocycles. The molecule has 2 amide bonds. The molecule has 0 aliphatic rings. The van der Waals surface area contributed by atoms with Crippen LogP contribution in [0.3, 0.4) is 0 Å². The number of amides is 2. The highest BCUT2D eigenvalue weighted by Crippen LogP contribution is 2.26. The van der Waals surface area contributed by atoms with Crippen LogP contribution in [0.1, 0.15) is 43.9 Å². The van der Waals surface area contributed by atoms with Crippen LogP contribution in [0.25, 0.3) is 0 Å². The molecule has 3 rings (SSSR count). The fourth-order valence-corrected chi connectivity index (χ4v) is 5.77. The van der Waals surface area contributed by atoms with Gasteiger partial charge in [-0.25, -0.2) is 8.42 Å². The first kappa shape index (κ1) is 30.2. The summed E-state index contributed by atoms with van der Waals surface area (Å²) in [5, 5.41) is 3.30. The van der Waals surface area contributed by atoms with Crippen molar-refractivity contribution in [2.45, 2.75) is 64.6 Å². The summed E-state index contributed by atoms with van der Waals surface area (Å²) in [6, 6.07) is 19.6. The molecule has 9 heteroatoms. The fraction of sp³-hybridized carbons (Fsp3) is 0.333. The molecule has 0 aromatic heterocycles. The molecule has 1 atom stereocenters. The van der Waals surface area contributed by atoms with Gasteiger partial charge in [0.2, 0.25) is 11.8 Å². The zero-order valence-corrected chi connectivity index (χ0v) is 24.6. The Balaban J connectivity index is 2.06. The number of nitrogens with one attached hydrogen (secondary N) is 1. The van der Waals surface area contributed by atoms with Gasteiger partial charge in [0.05, 0.1) is 10.6 Å². The summed E-state index contributed by atoms with van der Waals surface area (Å²) in [7, 11) is -4.14. The minimum Gasteiger partial charge on any atom is -0.352 e. The van der Waals surface area contributed by atoms with Gasteiger partial charge in [0, 0.05) is 17.6 Å². The molecule has 0 spiro atoms. The number of carbonyl (C=O) groups excluding carboxylic acids is 2. The highest BCUT2D eigenvalue weighted by Gasteiger charge is 2.33. The third kappa shape index (κ3) is 7.83. The Morgan fingerprint density at radius 2 is 1.56 bits per heavy atom. The van der Waals surface area contributed by atoms with E-state index in [1.54, 1.807) is 18.2 Å². The van der Waals surface area contributed by atoms with Gasteiger partial charge in [-0.2, -0.15) is 0 Å². The zero-order chi connectivity index (χ0) is 28.7. The van der Waals surface area contributed by atoms with Gasteiger partial charge in [0.1, 0.15) is 12.6 Å². The van der Waals surface area contributed by atoms with E-state index in [2.05, 4.69) is 5.32 Å². The molecule has 0 saturated carbocycles. The van der Waals surface area contributed by atoms with E-state index in [0.717, 1.165) is 21.0 Å². The number of hydrogen-bond donors (Lipinski definition) is 1. The van der Waals surface area contributed by atoms with Crippen LogP contribution in [0.15, 0.2) is 77.7 Å². The second-order valence-corrected chi connectivity index (χ2v) is 12.2. The van der Waals surface area contributed by atoms with Crippen LogP contribution in [-0.4, -0.2) is 43.8 Å². The minimum absolute atomic E-state index is 0.0101. The van der Waals surface area contributed by atoms with Crippen molar-refractivity contribution in [3.8, 4) is 0 Å². The highest BCUT2D eigenvalue weighted by molar-refractivity contribution is 7.92. The van der Waals surface area contributed by atoms with Gasteiger partial charge >= 0.3 is 0 Å². The lowest BCUT2D eigenvalue weighted by molar-refractivity contribution is -0.140. The van der Waals surface area contributed by atoms with E-state index in [4.69, 9.17) is 11.6 Å². The minimum atomic E-state index is -4.14. The number of hydrogen-bond acceptors (Lipinski definition) is 4. The van der Waals surface area contributed by atoms with Crippen molar-refractivity contribution in [3.05, 3.63) is 94.5 Å². The van der Waals surface area contributed by atoms with Crippen LogP contribution >= 0.6 is 11.6 Å². The van der Waals surface area contributed by atoms with Crippen molar-refractivity contribution >= 4 is 39.1 Å². The lowest BCUT2D eigenvalue weighted by Gasteiger charge is -2.33. The van der Waals surface area contributed by atoms with E-state index in [9.17, 15) is 18.0 Å². The predicted octanol–water partition coefficient (Wildman–Crippen LogP) is 5.48. The third-order valence-corrected chi connectivity index (χ3v) is 8.30. The maximum atomic E-state index is 14.0. The van der Waals surface area contributed by atoms with Crippen LogP contribution < -0.4 is 9.62 Å². The van der Waals surface area contributed by atoms with Crippen LogP contribution in [0.5, 0.6) is 0 Å². The lowest BCUT2D eigenvalue weighted by atomic mass is 10.1. The summed E-state index contributed by atoms with van der Waals surface area (Å²) >= 11 is 6.00. The van der Waals surface area contributed by atoms with Gasteiger partial charge in [0.25, 0.3) is 10.0 Å². The summed E-state index contributed by atoms with van der Waals surface area (Å²) < 4.78 is 28.8. The largest absolute Gasteiger partial charge is 0.352 e. The average Bonchev–Trinajstić information content (AvgIpc) is 2.88. The number of aryl methyl sites for hydroxylation is 2. The zero-order valence-electron chi connectivity index (χ0n) is 23.0. The Kier molecular flexibility index (Phi) is 10.2. The Hall–Kier alpha value is -3.36. The van der Waals surface area contributed by atoms with Gasteiger partial charge in [-0.15, -0.1) is 0 Å². The molecule has 7 nitrogen and oxygen atoms in total. The van der Waals surface area contributed by atoms with Gasteiger partial charge < -0.3 is 10.2 Å². The molecule has 1 N–H and O–H groups in total. The summed E-state index contributed by atoms with van der Waals surface area (Å²) in [6.45, 7) is 9.05. The quantitative estimate of drug-likeness (QED) is 0.331. The average molecular weight is 570 g/mol. The second kappa shape index (κ2) is 13.1.